The molecule has 8 nitrogen and oxygen atoms in total. The minimum Gasteiger partial charge on any atom is -0.476 e. The molecule has 0 aliphatic heterocycles. The van der Waals surface area contributed by atoms with Gasteiger partial charge in [-0.15, -0.1) is 0 Å². The number of aromatic nitrogens is 2. The van der Waals surface area contributed by atoms with Gasteiger partial charge in [0, 0.05) is 12.2 Å². The Morgan fingerprint density at radius 2 is 1.49 bits per heavy atom. The standard InChI is InChI=1S/C32H42FN3O5/c1-2-3-4-5-6-7-8-9-10-11-12-13-17-22-36-24-34-28-21-20-25(23-27(28)29(36)37)35-30(38)32(33,31(39)40)41-26-18-15-14-16-19-26/h14-16,18-21,23-24H,2-13,17,22H2,1H3,(H,35,38)(H,39,40). The van der Waals surface area contributed by atoms with E-state index in [4.69, 9.17) is 4.74 Å². The highest BCUT2D eigenvalue weighted by atomic mass is 19.2. The van der Waals surface area contributed by atoms with Gasteiger partial charge in [0.2, 0.25) is 0 Å². The first-order valence-corrected chi connectivity index (χ1v) is 14.8. The molecular weight excluding hydrogens is 525 g/mol. The summed E-state index contributed by atoms with van der Waals surface area (Å²) in [7, 11) is 0. The number of halogens is 1. The minimum atomic E-state index is -3.67. The van der Waals surface area contributed by atoms with E-state index in [0.29, 0.717) is 12.1 Å². The Kier molecular flexibility index (Phi) is 12.8. The molecule has 0 saturated carbocycles. The molecule has 0 spiro atoms. The van der Waals surface area contributed by atoms with Gasteiger partial charge >= 0.3 is 17.7 Å². The predicted octanol–water partition coefficient (Wildman–Crippen LogP) is 7.26. The van der Waals surface area contributed by atoms with Crippen molar-refractivity contribution >= 4 is 28.5 Å². The van der Waals surface area contributed by atoms with Crippen LogP contribution in [0.15, 0.2) is 59.7 Å². The van der Waals surface area contributed by atoms with Crippen LogP contribution in [0.2, 0.25) is 0 Å². The maximum Gasteiger partial charge on any atom is 0.425 e. The highest BCUT2D eigenvalue weighted by Crippen LogP contribution is 2.23. The number of nitrogens with one attached hydrogen (secondary N) is 1. The Morgan fingerprint density at radius 3 is 2.07 bits per heavy atom. The molecule has 9 heteroatoms. The molecule has 1 amide bonds. The maximum absolute atomic E-state index is 15.2. The summed E-state index contributed by atoms with van der Waals surface area (Å²) < 4.78 is 21.6. The second kappa shape index (κ2) is 16.5. The molecule has 3 rings (SSSR count). The molecule has 1 unspecified atom stereocenters. The summed E-state index contributed by atoms with van der Waals surface area (Å²) in [5.74, 6) is -7.41. The van der Waals surface area contributed by atoms with Gasteiger partial charge in [0.05, 0.1) is 17.2 Å². The topological polar surface area (TPSA) is 111 Å². The average Bonchev–Trinajstić information content (AvgIpc) is 2.97. The monoisotopic (exact) mass is 567 g/mol. The lowest BCUT2D eigenvalue weighted by atomic mass is 10.0. The van der Waals surface area contributed by atoms with E-state index in [1.165, 1.54) is 118 Å². The molecule has 1 heterocycles. The van der Waals surface area contributed by atoms with E-state index in [1.54, 1.807) is 6.07 Å². The number of para-hydroxylation sites is 1. The molecule has 1 atom stereocenters. The number of benzene rings is 2. The van der Waals surface area contributed by atoms with E-state index >= 15 is 4.39 Å². The number of fused-ring (bicyclic) bond motifs is 1. The molecular formula is C32H42FN3O5. The van der Waals surface area contributed by atoms with Gasteiger partial charge in [0.15, 0.2) is 0 Å². The van der Waals surface area contributed by atoms with Crippen LogP contribution in [-0.2, 0) is 16.1 Å². The van der Waals surface area contributed by atoms with Gasteiger partial charge in [-0.3, -0.25) is 14.2 Å². The third-order valence-corrected chi connectivity index (χ3v) is 7.15. The number of aryl methyl sites for hydroxylation is 1. The number of nitrogens with zero attached hydrogens (tertiary/aromatic N) is 2. The van der Waals surface area contributed by atoms with Crippen molar-refractivity contribution in [2.75, 3.05) is 5.32 Å². The van der Waals surface area contributed by atoms with Crippen LogP contribution in [0.1, 0.15) is 90.4 Å². The van der Waals surface area contributed by atoms with Crippen LogP contribution in [-0.4, -0.2) is 32.4 Å². The molecule has 222 valence electrons. The van der Waals surface area contributed by atoms with Gasteiger partial charge in [-0.1, -0.05) is 102 Å². The molecule has 2 N–H and O–H groups in total. The van der Waals surface area contributed by atoms with Crippen LogP contribution in [0, 0.1) is 0 Å². The number of carboxylic acid groups (broad SMARTS) is 1. The second-order valence-electron chi connectivity index (χ2n) is 10.5. The third-order valence-electron chi connectivity index (χ3n) is 7.15. The van der Waals surface area contributed by atoms with Crippen LogP contribution in [0.4, 0.5) is 10.1 Å². The van der Waals surface area contributed by atoms with Crippen LogP contribution in [0.25, 0.3) is 10.9 Å². The summed E-state index contributed by atoms with van der Waals surface area (Å²) >= 11 is 0. The molecule has 41 heavy (non-hydrogen) atoms. The van der Waals surface area contributed by atoms with E-state index in [2.05, 4.69) is 17.2 Å². The summed E-state index contributed by atoms with van der Waals surface area (Å²) in [6, 6.07) is 11.7. The normalized spacial score (nSPS) is 12.6. The van der Waals surface area contributed by atoms with Crippen molar-refractivity contribution in [3.63, 3.8) is 0 Å². The number of rotatable bonds is 19. The van der Waals surface area contributed by atoms with Crippen LogP contribution < -0.4 is 15.6 Å². The van der Waals surface area contributed by atoms with Gasteiger partial charge < -0.3 is 15.2 Å². The van der Waals surface area contributed by atoms with E-state index in [1.807, 2.05) is 0 Å². The van der Waals surface area contributed by atoms with Crippen LogP contribution in [0.3, 0.4) is 0 Å². The maximum atomic E-state index is 15.2. The molecule has 0 saturated heterocycles. The fourth-order valence-electron chi connectivity index (χ4n) is 4.75. The number of hydrogen-bond acceptors (Lipinski definition) is 5. The minimum absolute atomic E-state index is 0.0556. The lowest BCUT2D eigenvalue weighted by molar-refractivity contribution is -0.178. The molecule has 0 bridgehead atoms. The first-order valence-electron chi connectivity index (χ1n) is 14.8. The van der Waals surface area contributed by atoms with Crippen molar-refractivity contribution in [1.82, 2.24) is 9.55 Å². The SMILES string of the molecule is CCCCCCCCCCCCCCCn1cnc2ccc(NC(=O)C(F)(Oc3ccccc3)C(=O)O)cc2c1=O. The van der Waals surface area contributed by atoms with Crippen LogP contribution in [0.5, 0.6) is 5.75 Å². The van der Waals surface area contributed by atoms with E-state index in [9.17, 15) is 19.5 Å². The quantitative estimate of drug-likeness (QED) is 0.117. The number of carbonyl (C=O) groups is 2. The van der Waals surface area contributed by atoms with Crippen molar-refractivity contribution in [1.29, 1.82) is 0 Å². The Bertz CT molecular complexity index is 1310. The molecule has 1 aromatic heterocycles. The molecule has 0 aliphatic rings. The van der Waals surface area contributed by atoms with Gasteiger partial charge in [-0.25, -0.2) is 9.78 Å². The molecule has 3 aromatic rings. The Hall–Kier alpha value is -3.75. The summed E-state index contributed by atoms with van der Waals surface area (Å²) in [4.78, 5) is 41.6. The summed E-state index contributed by atoms with van der Waals surface area (Å²) in [6.45, 7) is 2.76. The van der Waals surface area contributed by atoms with Gasteiger partial charge in [-0.05, 0) is 36.8 Å². The number of amides is 1. The Labute approximate surface area is 240 Å². The molecule has 0 radical (unpaired) electrons. The zero-order chi connectivity index (χ0) is 29.5. The lowest BCUT2D eigenvalue weighted by Crippen LogP contribution is -2.50. The highest BCUT2D eigenvalue weighted by Gasteiger charge is 2.50. The smallest absolute Gasteiger partial charge is 0.425 e. The lowest BCUT2D eigenvalue weighted by Gasteiger charge is -2.21. The number of unbranched alkanes of at least 4 members (excludes halogenated alkanes) is 12. The van der Waals surface area contributed by atoms with Crippen molar-refractivity contribution in [2.45, 2.75) is 103 Å². The summed E-state index contributed by atoms with van der Waals surface area (Å²) in [5, 5.41) is 11.9. The second-order valence-corrected chi connectivity index (χ2v) is 10.5. The number of alkyl halides is 1. The number of anilines is 1. The van der Waals surface area contributed by atoms with Crippen molar-refractivity contribution < 1.29 is 23.8 Å². The number of aliphatic carboxylic acids is 1. The molecule has 0 aliphatic carbocycles. The van der Waals surface area contributed by atoms with Gasteiger partial charge in [-0.2, -0.15) is 4.39 Å². The van der Waals surface area contributed by atoms with Gasteiger partial charge in [0.25, 0.3) is 5.56 Å². The zero-order valence-corrected chi connectivity index (χ0v) is 23.9. The highest BCUT2D eigenvalue weighted by molar-refractivity contribution is 6.10. The van der Waals surface area contributed by atoms with Gasteiger partial charge in [0.1, 0.15) is 5.75 Å². The number of hydrogen-bond donors (Lipinski definition) is 2. The van der Waals surface area contributed by atoms with Crippen LogP contribution >= 0.6 is 0 Å². The van der Waals surface area contributed by atoms with E-state index < -0.39 is 17.7 Å². The number of ether oxygens (including phenoxy) is 1. The fourth-order valence-corrected chi connectivity index (χ4v) is 4.75. The summed E-state index contributed by atoms with van der Waals surface area (Å²) in [6.07, 6.45) is 17.6. The van der Waals surface area contributed by atoms with E-state index in [0.717, 1.165) is 19.3 Å². The van der Waals surface area contributed by atoms with E-state index in [-0.39, 0.29) is 22.4 Å². The average molecular weight is 568 g/mol. The molecule has 2 aromatic carbocycles. The predicted molar refractivity (Wildman–Crippen MR) is 159 cm³/mol. The Balaban J connectivity index is 1.49. The van der Waals surface area contributed by atoms with Crippen molar-refractivity contribution in [3.8, 4) is 5.75 Å². The Morgan fingerprint density at radius 1 is 0.902 bits per heavy atom. The van der Waals surface area contributed by atoms with Crippen molar-refractivity contribution in [3.05, 3.63) is 65.2 Å². The number of carbonyl (C=O) groups excluding carboxylic acids is 1. The number of carboxylic acids is 1. The zero-order valence-electron chi connectivity index (χ0n) is 23.9. The van der Waals surface area contributed by atoms with Crippen molar-refractivity contribution in [2.24, 2.45) is 0 Å². The first-order chi connectivity index (χ1) is 19.8. The largest absolute Gasteiger partial charge is 0.476 e. The third kappa shape index (κ3) is 9.69. The fraction of sp³-hybridized carbons (Fsp3) is 0.500. The first kappa shape index (κ1) is 31.8. The molecule has 0 fully saturated rings. The summed E-state index contributed by atoms with van der Waals surface area (Å²) in [5.41, 5.74) is 0.190.